The van der Waals surface area contributed by atoms with Crippen LogP contribution in [0.3, 0.4) is 0 Å². The minimum Gasteiger partial charge on any atom is -0.444 e. The molecule has 1 saturated heterocycles. The molecule has 1 aliphatic heterocycles. The first-order valence-electron chi connectivity index (χ1n) is 8.64. The number of nitrogens with one attached hydrogen (secondary N) is 1. The number of likely N-dealkylation sites (tertiary alicyclic amines) is 1. The number of piperidine rings is 1. The van der Waals surface area contributed by atoms with E-state index in [1.807, 2.05) is 33.9 Å². The summed E-state index contributed by atoms with van der Waals surface area (Å²) in [5.41, 5.74) is 3.29. The van der Waals surface area contributed by atoms with Gasteiger partial charge in [-0.3, -0.25) is 15.1 Å². The van der Waals surface area contributed by atoms with Crippen molar-refractivity contribution in [3.8, 4) is 11.3 Å². The van der Waals surface area contributed by atoms with Crippen LogP contribution in [-0.2, 0) is 4.74 Å². The quantitative estimate of drug-likeness (QED) is 0.904. The van der Waals surface area contributed by atoms with Crippen molar-refractivity contribution in [3.63, 3.8) is 0 Å². The first kappa shape index (κ1) is 17.4. The summed E-state index contributed by atoms with van der Waals surface area (Å²) in [7, 11) is 0. The van der Waals surface area contributed by atoms with E-state index in [2.05, 4.69) is 20.2 Å². The topological polar surface area (TPSA) is 84.0 Å². The molecule has 7 heteroatoms. The average Bonchev–Trinajstić information content (AvgIpc) is 3.00. The number of hydrogen-bond donors (Lipinski definition) is 1. The van der Waals surface area contributed by atoms with Gasteiger partial charge in [-0.15, -0.1) is 0 Å². The molecule has 1 N–H and O–H groups in total. The number of aromatic nitrogens is 4. The Morgan fingerprint density at radius 2 is 1.92 bits per heavy atom. The number of amides is 1. The van der Waals surface area contributed by atoms with Crippen LogP contribution in [0.1, 0.15) is 50.9 Å². The predicted octanol–water partition coefficient (Wildman–Crippen LogP) is 3.29. The van der Waals surface area contributed by atoms with E-state index < -0.39 is 5.60 Å². The van der Waals surface area contributed by atoms with Gasteiger partial charge in [-0.2, -0.15) is 5.10 Å². The summed E-state index contributed by atoms with van der Waals surface area (Å²) in [5.74, 6) is 0.325. The zero-order valence-electron chi connectivity index (χ0n) is 15.2. The summed E-state index contributed by atoms with van der Waals surface area (Å²) in [4.78, 5) is 23.0. The van der Waals surface area contributed by atoms with Crippen molar-refractivity contribution in [2.45, 2.75) is 52.1 Å². The SMILES string of the molecule is Cc1[nH]ncc1-c1cnc(C2CCN(C(=O)OC(C)(C)C)CC2)cn1. The smallest absolute Gasteiger partial charge is 0.410 e. The van der Waals surface area contributed by atoms with Gasteiger partial charge >= 0.3 is 6.09 Å². The second-order valence-corrected chi connectivity index (χ2v) is 7.48. The fraction of sp³-hybridized carbons (Fsp3) is 0.556. The van der Waals surface area contributed by atoms with Crippen molar-refractivity contribution in [1.29, 1.82) is 0 Å². The number of nitrogens with zero attached hydrogens (tertiary/aromatic N) is 4. The van der Waals surface area contributed by atoms with E-state index in [-0.39, 0.29) is 6.09 Å². The summed E-state index contributed by atoms with van der Waals surface area (Å²) in [6.45, 7) is 8.99. The van der Waals surface area contributed by atoms with Crippen molar-refractivity contribution < 1.29 is 9.53 Å². The monoisotopic (exact) mass is 343 g/mol. The minimum atomic E-state index is -0.458. The fourth-order valence-corrected chi connectivity index (χ4v) is 2.98. The molecule has 0 radical (unpaired) electrons. The molecule has 2 aromatic heterocycles. The molecule has 1 amide bonds. The third-order valence-electron chi connectivity index (χ3n) is 4.34. The number of H-pyrrole nitrogens is 1. The normalized spacial score (nSPS) is 16.1. The molecule has 0 spiro atoms. The van der Waals surface area contributed by atoms with Crippen LogP contribution < -0.4 is 0 Å². The summed E-state index contributed by atoms with van der Waals surface area (Å²) in [5, 5.41) is 6.93. The van der Waals surface area contributed by atoms with E-state index in [4.69, 9.17) is 4.74 Å². The van der Waals surface area contributed by atoms with E-state index in [1.165, 1.54) is 0 Å². The van der Waals surface area contributed by atoms with Gasteiger partial charge in [0.1, 0.15) is 5.60 Å². The summed E-state index contributed by atoms with van der Waals surface area (Å²) in [6.07, 6.45) is 6.92. The largest absolute Gasteiger partial charge is 0.444 e. The standard InChI is InChI=1S/C18H25N5O2/c1-12-14(9-21-22-12)16-11-19-15(10-20-16)13-5-7-23(8-6-13)17(24)25-18(2,3)4/h9-11,13H,5-8H2,1-4H3,(H,21,22). The van der Waals surface area contributed by atoms with Crippen LogP contribution in [0.5, 0.6) is 0 Å². The number of ether oxygens (including phenoxy) is 1. The molecule has 0 unspecified atom stereocenters. The third-order valence-corrected chi connectivity index (χ3v) is 4.34. The second-order valence-electron chi connectivity index (χ2n) is 7.48. The highest BCUT2D eigenvalue weighted by atomic mass is 16.6. The lowest BCUT2D eigenvalue weighted by atomic mass is 9.94. The van der Waals surface area contributed by atoms with Gasteiger partial charge in [0.2, 0.25) is 0 Å². The lowest BCUT2D eigenvalue weighted by Crippen LogP contribution is -2.41. The number of hydrogen-bond acceptors (Lipinski definition) is 5. The predicted molar refractivity (Wildman–Crippen MR) is 94.1 cm³/mol. The van der Waals surface area contributed by atoms with Crippen molar-refractivity contribution in [2.75, 3.05) is 13.1 Å². The summed E-state index contributed by atoms with van der Waals surface area (Å²) >= 11 is 0. The molecular weight excluding hydrogens is 318 g/mol. The Kier molecular flexibility index (Phi) is 4.74. The zero-order chi connectivity index (χ0) is 18.0. The van der Waals surface area contributed by atoms with Crippen LogP contribution in [0.25, 0.3) is 11.3 Å². The first-order valence-corrected chi connectivity index (χ1v) is 8.64. The maximum Gasteiger partial charge on any atom is 0.410 e. The fourth-order valence-electron chi connectivity index (χ4n) is 2.98. The number of carbonyl (C=O) groups excluding carboxylic acids is 1. The Labute approximate surface area is 147 Å². The van der Waals surface area contributed by atoms with E-state index in [0.717, 1.165) is 35.5 Å². The van der Waals surface area contributed by atoms with Gasteiger partial charge in [-0.1, -0.05) is 0 Å². The molecule has 0 atom stereocenters. The number of rotatable bonds is 2. The molecule has 3 rings (SSSR count). The van der Waals surface area contributed by atoms with Gasteiger partial charge in [0.05, 0.1) is 23.8 Å². The van der Waals surface area contributed by atoms with E-state index in [9.17, 15) is 4.79 Å². The third kappa shape index (κ3) is 4.15. The molecule has 1 aliphatic rings. The Bertz CT molecular complexity index is 725. The Morgan fingerprint density at radius 3 is 2.44 bits per heavy atom. The Morgan fingerprint density at radius 1 is 1.20 bits per heavy atom. The van der Waals surface area contributed by atoms with Gasteiger partial charge in [-0.25, -0.2) is 4.79 Å². The maximum atomic E-state index is 12.1. The van der Waals surface area contributed by atoms with Crippen molar-refractivity contribution in [2.24, 2.45) is 0 Å². The van der Waals surface area contributed by atoms with Crippen molar-refractivity contribution in [1.82, 2.24) is 25.1 Å². The van der Waals surface area contributed by atoms with Gasteiger partial charge in [-0.05, 0) is 40.5 Å². The molecule has 3 heterocycles. The highest BCUT2D eigenvalue weighted by Gasteiger charge is 2.28. The van der Waals surface area contributed by atoms with E-state index in [0.29, 0.717) is 19.0 Å². The molecule has 2 aromatic rings. The maximum absolute atomic E-state index is 12.1. The second kappa shape index (κ2) is 6.82. The van der Waals surface area contributed by atoms with Crippen LogP contribution >= 0.6 is 0 Å². The molecule has 0 bridgehead atoms. The lowest BCUT2D eigenvalue weighted by molar-refractivity contribution is 0.0204. The van der Waals surface area contributed by atoms with Crippen LogP contribution in [0.15, 0.2) is 18.6 Å². The van der Waals surface area contributed by atoms with Gasteiger partial charge in [0.15, 0.2) is 0 Å². The molecule has 7 nitrogen and oxygen atoms in total. The Hall–Kier alpha value is -2.44. The van der Waals surface area contributed by atoms with Crippen molar-refractivity contribution >= 4 is 6.09 Å². The lowest BCUT2D eigenvalue weighted by Gasteiger charge is -2.33. The van der Waals surface area contributed by atoms with Crippen molar-refractivity contribution in [3.05, 3.63) is 30.0 Å². The van der Waals surface area contributed by atoms with Crippen LogP contribution in [0, 0.1) is 6.92 Å². The summed E-state index contributed by atoms with van der Waals surface area (Å²) in [6, 6.07) is 0. The number of aryl methyl sites for hydroxylation is 1. The molecule has 1 fully saturated rings. The zero-order valence-corrected chi connectivity index (χ0v) is 15.2. The van der Waals surface area contributed by atoms with Crippen LogP contribution in [-0.4, -0.2) is 49.8 Å². The molecule has 25 heavy (non-hydrogen) atoms. The van der Waals surface area contributed by atoms with E-state index in [1.54, 1.807) is 17.3 Å². The molecule has 0 saturated carbocycles. The molecule has 0 aliphatic carbocycles. The van der Waals surface area contributed by atoms with Crippen LogP contribution in [0.4, 0.5) is 4.79 Å². The van der Waals surface area contributed by atoms with Crippen LogP contribution in [0.2, 0.25) is 0 Å². The Balaban J connectivity index is 1.60. The van der Waals surface area contributed by atoms with E-state index >= 15 is 0 Å². The molecule has 0 aromatic carbocycles. The number of carbonyl (C=O) groups is 1. The molecular formula is C18H25N5O2. The highest BCUT2D eigenvalue weighted by Crippen LogP contribution is 2.28. The highest BCUT2D eigenvalue weighted by molar-refractivity contribution is 5.68. The first-order chi connectivity index (χ1) is 11.8. The molecule has 134 valence electrons. The summed E-state index contributed by atoms with van der Waals surface area (Å²) < 4.78 is 5.44. The van der Waals surface area contributed by atoms with Gasteiger partial charge in [0, 0.05) is 36.5 Å². The number of aromatic amines is 1. The van der Waals surface area contributed by atoms with Gasteiger partial charge < -0.3 is 9.64 Å². The van der Waals surface area contributed by atoms with Gasteiger partial charge in [0.25, 0.3) is 0 Å². The average molecular weight is 343 g/mol. The minimum absolute atomic E-state index is 0.234.